The van der Waals surface area contributed by atoms with E-state index in [-0.39, 0.29) is 0 Å². The van der Waals surface area contributed by atoms with Crippen molar-refractivity contribution in [3.8, 4) is 79.7 Å². The number of hydrogen-bond donors (Lipinski definition) is 0. The molecule has 0 saturated carbocycles. The molecule has 0 unspecified atom stereocenters. The molecule has 0 bridgehead atoms. The van der Waals surface area contributed by atoms with Gasteiger partial charge in [-0.2, -0.15) is 10.5 Å². The van der Waals surface area contributed by atoms with Crippen LogP contribution < -0.4 is 0 Å². The van der Waals surface area contributed by atoms with Gasteiger partial charge in [-0.1, -0.05) is 109 Å². The zero-order chi connectivity index (χ0) is 35.5. The number of hydrogen-bond acceptors (Lipinski definition) is 5. The number of nitriles is 2. The van der Waals surface area contributed by atoms with Gasteiger partial charge in [-0.15, -0.1) is 0 Å². The Hall–Kier alpha value is -7.47. The monoisotopic (exact) mass is 673 g/mol. The molecule has 1 heterocycles. The number of benzene rings is 7. The second kappa shape index (κ2) is 11.8. The quantitative estimate of drug-likeness (QED) is 0.186. The zero-order valence-corrected chi connectivity index (χ0v) is 28.3. The van der Waals surface area contributed by atoms with Crippen molar-refractivity contribution >= 4 is 0 Å². The molecular formula is C48H27N5. The smallest absolute Gasteiger partial charge is 0.164 e. The Morgan fingerprint density at radius 2 is 0.679 bits per heavy atom. The van der Waals surface area contributed by atoms with E-state index < -0.39 is 5.41 Å². The Morgan fingerprint density at radius 3 is 1.11 bits per heavy atom. The van der Waals surface area contributed by atoms with Crippen molar-refractivity contribution in [2.24, 2.45) is 0 Å². The Labute approximate surface area is 306 Å². The van der Waals surface area contributed by atoms with Gasteiger partial charge in [-0.05, 0) is 110 Å². The molecule has 0 amide bonds. The fourth-order valence-corrected chi connectivity index (χ4v) is 8.34. The molecule has 0 fully saturated rings. The van der Waals surface area contributed by atoms with Gasteiger partial charge in [-0.3, -0.25) is 0 Å². The number of nitrogens with zero attached hydrogens (tertiary/aromatic N) is 5. The second-order valence-electron chi connectivity index (χ2n) is 13.4. The Morgan fingerprint density at radius 1 is 0.340 bits per heavy atom. The van der Waals surface area contributed by atoms with E-state index in [2.05, 4.69) is 127 Å². The minimum atomic E-state index is -0.632. The van der Waals surface area contributed by atoms with E-state index in [4.69, 9.17) is 15.0 Å². The van der Waals surface area contributed by atoms with Crippen LogP contribution in [0.5, 0.6) is 0 Å². The highest BCUT2D eigenvalue weighted by molar-refractivity contribution is 5.97. The van der Waals surface area contributed by atoms with Crippen LogP contribution in [-0.4, -0.2) is 15.0 Å². The zero-order valence-electron chi connectivity index (χ0n) is 28.3. The fraction of sp³-hybridized carbons (Fsp3) is 0.0208. The topological polar surface area (TPSA) is 86.2 Å². The molecule has 0 aliphatic heterocycles. The van der Waals surface area contributed by atoms with Crippen LogP contribution >= 0.6 is 0 Å². The normalized spacial score (nSPS) is 12.6. The first-order valence-electron chi connectivity index (χ1n) is 17.5. The van der Waals surface area contributed by atoms with Gasteiger partial charge in [0.15, 0.2) is 17.5 Å². The molecule has 0 atom stereocenters. The SMILES string of the molecule is N#Cc1ccc(-c2nc(-c3ccc(C#N)cc3)nc(-c3ccc4c(c3)C3(c5ccccc5-c5ccccc5-4)c4ccccc4-c4ccccc43)n2)cc1. The molecular weight excluding hydrogens is 647 g/mol. The molecule has 2 aliphatic carbocycles. The molecule has 53 heavy (non-hydrogen) atoms. The first-order valence-corrected chi connectivity index (χ1v) is 17.5. The van der Waals surface area contributed by atoms with Crippen LogP contribution in [0, 0.1) is 22.7 Å². The van der Waals surface area contributed by atoms with Gasteiger partial charge in [0.05, 0.1) is 28.7 Å². The molecule has 1 aromatic heterocycles. The van der Waals surface area contributed by atoms with Crippen molar-refractivity contribution in [1.29, 1.82) is 10.5 Å². The lowest BCUT2D eigenvalue weighted by Crippen LogP contribution is -2.29. The van der Waals surface area contributed by atoms with E-state index in [1.807, 2.05) is 24.3 Å². The Balaban J connectivity index is 1.29. The summed E-state index contributed by atoms with van der Waals surface area (Å²) in [4.78, 5) is 15.1. The minimum Gasteiger partial charge on any atom is -0.208 e. The third-order valence-electron chi connectivity index (χ3n) is 10.7. The van der Waals surface area contributed by atoms with Crippen LogP contribution in [0.4, 0.5) is 0 Å². The van der Waals surface area contributed by atoms with Crippen LogP contribution in [0.1, 0.15) is 33.4 Å². The molecule has 244 valence electrons. The van der Waals surface area contributed by atoms with E-state index in [0.29, 0.717) is 28.6 Å². The lowest BCUT2D eigenvalue weighted by Gasteiger charge is -2.35. The van der Waals surface area contributed by atoms with Crippen LogP contribution in [0.3, 0.4) is 0 Å². The highest BCUT2D eigenvalue weighted by atomic mass is 15.0. The van der Waals surface area contributed by atoms with Gasteiger partial charge in [0.2, 0.25) is 0 Å². The van der Waals surface area contributed by atoms with Gasteiger partial charge in [0.1, 0.15) is 0 Å². The van der Waals surface area contributed by atoms with Gasteiger partial charge in [0, 0.05) is 16.7 Å². The summed E-state index contributed by atoms with van der Waals surface area (Å²) >= 11 is 0. The van der Waals surface area contributed by atoms with Gasteiger partial charge >= 0.3 is 0 Å². The average molecular weight is 674 g/mol. The van der Waals surface area contributed by atoms with Gasteiger partial charge < -0.3 is 0 Å². The van der Waals surface area contributed by atoms with E-state index in [1.54, 1.807) is 24.3 Å². The van der Waals surface area contributed by atoms with Crippen LogP contribution in [0.25, 0.3) is 67.5 Å². The molecule has 0 N–H and O–H groups in total. The van der Waals surface area contributed by atoms with E-state index in [1.165, 1.54) is 44.5 Å². The van der Waals surface area contributed by atoms with Crippen molar-refractivity contribution < 1.29 is 0 Å². The van der Waals surface area contributed by atoms with Crippen molar-refractivity contribution in [2.45, 2.75) is 5.41 Å². The van der Waals surface area contributed by atoms with Crippen LogP contribution in [0.15, 0.2) is 164 Å². The molecule has 0 radical (unpaired) electrons. The predicted octanol–water partition coefficient (Wildman–Crippen LogP) is 10.6. The van der Waals surface area contributed by atoms with Crippen molar-refractivity contribution in [3.63, 3.8) is 0 Å². The third-order valence-corrected chi connectivity index (χ3v) is 10.7. The predicted molar refractivity (Wildman–Crippen MR) is 207 cm³/mol. The summed E-state index contributed by atoms with van der Waals surface area (Å²) in [5.41, 5.74) is 14.9. The van der Waals surface area contributed by atoms with Crippen molar-refractivity contribution in [3.05, 3.63) is 197 Å². The summed E-state index contributed by atoms with van der Waals surface area (Å²) in [5, 5.41) is 18.9. The first-order chi connectivity index (χ1) is 26.2. The highest BCUT2D eigenvalue weighted by Crippen LogP contribution is 2.61. The summed E-state index contributed by atoms with van der Waals surface area (Å²) < 4.78 is 0. The molecule has 5 heteroatoms. The van der Waals surface area contributed by atoms with Crippen LogP contribution in [0.2, 0.25) is 0 Å². The largest absolute Gasteiger partial charge is 0.208 e. The van der Waals surface area contributed by atoms with Gasteiger partial charge in [-0.25, -0.2) is 15.0 Å². The fourth-order valence-electron chi connectivity index (χ4n) is 8.34. The maximum atomic E-state index is 9.46. The molecule has 2 aliphatic rings. The Kier molecular flexibility index (Phi) is 6.76. The molecule has 1 spiro atoms. The molecule has 10 rings (SSSR count). The lowest BCUT2D eigenvalue weighted by molar-refractivity contribution is 0.775. The third kappa shape index (κ3) is 4.52. The summed E-state index contributed by atoms with van der Waals surface area (Å²) in [6, 6.07) is 60.7. The van der Waals surface area contributed by atoms with E-state index in [9.17, 15) is 10.5 Å². The molecule has 5 nitrogen and oxygen atoms in total. The minimum absolute atomic E-state index is 0.496. The van der Waals surface area contributed by atoms with E-state index >= 15 is 0 Å². The average Bonchev–Trinajstić information content (AvgIpc) is 3.48. The highest BCUT2D eigenvalue weighted by Gasteiger charge is 2.49. The summed E-state index contributed by atoms with van der Waals surface area (Å²) in [5.74, 6) is 1.52. The summed E-state index contributed by atoms with van der Waals surface area (Å²) in [7, 11) is 0. The maximum absolute atomic E-state index is 9.46. The van der Waals surface area contributed by atoms with Crippen LogP contribution in [-0.2, 0) is 5.41 Å². The molecule has 0 saturated heterocycles. The lowest BCUT2D eigenvalue weighted by atomic mass is 9.65. The summed E-state index contributed by atoms with van der Waals surface area (Å²) in [6.07, 6.45) is 0. The second-order valence-corrected chi connectivity index (χ2v) is 13.4. The first kappa shape index (κ1) is 30.4. The maximum Gasteiger partial charge on any atom is 0.164 e. The molecule has 7 aromatic carbocycles. The number of aromatic nitrogens is 3. The Bertz CT molecular complexity index is 2740. The van der Waals surface area contributed by atoms with Crippen molar-refractivity contribution in [1.82, 2.24) is 15.0 Å². The van der Waals surface area contributed by atoms with Gasteiger partial charge in [0.25, 0.3) is 0 Å². The number of fused-ring (bicyclic) bond motifs is 12. The van der Waals surface area contributed by atoms with E-state index in [0.717, 1.165) is 27.8 Å². The van der Waals surface area contributed by atoms with Crippen molar-refractivity contribution in [2.75, 3.05) is 0 Å². The molecule has 8 aromatic rings. The number of rotatable bonds is 3. The summed E-state index contributed by atoms with van der Waals surface area (Å²) in [6.45, 7) is 0. The standard InChI is InChI=1S/C48H27N5/c49-28-30-17-21-32(22-18-30)45-51-46(33-23-19-31(29-50)20-24-33)53-47(52-45)34-25-26-40-36-10-2-1-9-35(36)37-11-3-6-14-41(37)48(44(40)27-34)42-15-7-4-12-38(42)39-13-5-8-16-43(39)48/h1-27H.